The summed E-state index contributed by atoms with van der Waals surface area (Å²) in [6.45, 7) is 1.95. The van der Waals surface area contributed by atoms with Gasteiger partial charge in [-0.15, -0.1) is 0 Å². The molecule has 1 aromatic heterocycles. The fourth-order valence-electron chi connectivity index (χ4n) is 2.56. The highest BCUT2D eigenvalue weighted by molar-refractivity contribution is 5.44. The molecular formula is C14H19F3N2O. The SMILES string of the molecule is CCC1(O)CCC(Nc2ccnc(C(F)(F)F)c2)CC1. The number of hydrogen-bond acceptors (Lipinski definition) is 3. The summed E-state index contributed by atoms with van der Waals surface area (Å²) < 4.78 is 37.7. The summed E-state index contributed by atoms with van der Waals surface area (Å²) in [6.07, 6.45) is 0.328. The van der Waals surface area contributed by atoms with Crippen molar-refractivity contribution in [1.29, 1.82) is 0 Å². The van der Waals surface area contributed by atoms with Gasteiger partial charge in [-0.05, 0) is 44.2 Å². The zero-order valence-electron chi connectivity index (χ0n) is 11.4. The first-order valence-corrected chi connectivity index (χ1v) is 6.84. The van der Waals surface area contributed by atoms with Crippen molar-refractivity contribution >= 4 is 5.69 Å². The maximum Gasteiger partial charge on any atom is 0.433 e. The van der Waals surface area contributed by atoms with Crippen molar-refractivity contribution in [3.8, 4) is 0 Å². The van der Waals surface area contributed by atoms with E-state index in [2.05, 4.69) is 10.3 Å². The minimum atomic E-state index is -4.42. The number of anilines is 1. The van der Waals surface area contributed by atoms with Crippen molar-refractivity contribution in [3.05, 3.63) is 24.0 Å². The monoisotopic (exact) mass is 288 g/mol. The van der Waals surface area contributed by atoms with Crippen molar-refractivity contribution in [1.82, 2.24) is 4.98 Å². The third-order valence-electron chi connectivity index (χ3n) is 4.00. The molecule has 1 fully saturated rings. The van der Waals surface area contributed by atoms with E-state index in [0.717, 1.165) is 25.1 Å². The molecule has 2 rings (SSSR count). The van der Waals surface area contributed by atoms with Gasteiger partial charge >= 0.3 is 6.18 Å². The van der Waals surface area contributed by atoms with Gasteiger partial charge in [-0.3, -0.25) is 4.98 Å². The van der Waals surface area contributed by atoms with Gasteiger partial charge in [-0.25, -0.2) is 0 Å². The Morgan fingerprint density at radius 2 is 2.05 bits per heavy atom. The molecule has 112 valence electrons. The Morgan fingerprint density at radius 3 is 2.60 bits per heavy atom. The molecule has 0 unspecified atom stereocenters. The van der Waals surface area contributed by atoms with E-state index in [1.165, 1.54) is 6.07 Å². The summed E-state index contributed by atoms with van der Waals surface area (Å²) in [5.41, 5.74) is -1.06. The average Bonchev–Trinajstić information content (AvgIpc) is 2.41. The Morgan fingerprint density at radius 1 is 1.40 bits per heavy atom. The van der Waals surface area contributed by atoms with Crippen LogP contribution in [0.2, 0.25) is 0 Å². The molecule has 1 saturated carbocycles. The van der Waals surface area contributed by atoms with Crippen molar-refractivity contribution in [2.45, 2.75) is 56.8 Å². The molecule has 1 aromatic rings. The summed E-state index contributed by atoms with van der Waals surface area (Å²) in [7, 11) is 0. The van der Waals surface area contributed by atoms with E-state index >= 15 is 0 Å². The second-order valence-corrected chi connectivity index (χ2v) is 5.42. The first-order valence-electron chi connectivity index (χ1n) is 6.84. The van der Waals surface area contributed by atoms with E-state index in [1.807, 2.05) is 6.92 Å². The van der Waals surface area contributed by atoms with Crippen molar-refractivity contribution in [3.63, 3.8) is 0 Å². The molecule has 1 heterocycles. The number of alkyl halides is 3. The van der Waals surface area contributed by atoms with Crippen LogP contribution in [-0.2, 0) is 6.18 Å². The Labute approximate surface area is 116 Å². The second-order valence-electron chi connectivity index (χ2n) is 5.42. The Balaban J connectivity index is 1.98. The van der Waals surface area contributed by atoms with Crippen LogP contribution in [0.5, 0.6) is 0 Å². The Kier molecular flexibility index (Phi) is 4.22. The summed E-state index contributed by atoms with van der Waals surface area (Å²) in [5.74, 6) is 0. The van der Waals surface area contributed by atoms with E-state index in [9.17, 15) is 18.3 Å². The number of halogens is 3. The van der Waals surface area contributed by atoms with Gasteiger partial charge in [0.25, 0.3) is 0 Å². The first-order chi connectivity index (χ1) is 9.32. The predicted octanol–water partition coefficient (Wildman–Crippen LogP) is 3.60. The van der Waals surface area contributed by atoms with Crippen LogP contribution in [0, 0.1) is 0 Å². The van der Waals surface area contributed by atoms with Crippen LogP contribution >= 0.6 is 0 Å². The normalized spacial score (nSPS) is 27.4. The maximum atomic E-state index is 12.6. The number of hydrogen-bond donors (Lipinski definition) is 2. The molecule has 0 aliphatic heterocycles. The highest BCUT2D eigenvalue weighted by Crippen LogP contribution is 2.33. The lowest BCUT2D eigenvalue weighted by Gasteiger charge is -2.36. The summed E-state index contributed by atoms with van der Waals surface area (Å²) >= 11 is 0. The number of nitrogens with one attached hydrogen (secondary N) is 1. The van der Waals surface area contributed by atoms with Gasteiger partial charge in [0.15, 0.2) is 0 Å². The van der Waals surface area contributed by atoms with Crippen LogP contribution in [0.3, 0.4) is 0 Å². The smallest absolute Gasteiger partial charge is 0.390 e. The minimum Gasteiger partial charge on any atom is -0.390 e. The largest absolute Gasteiger partial charge is 0.433 e. The van der Waals surface area contributed by atoms with E-state index in [1.54, 1.807) is 0 Å². The molecule has 0 saturated heterocycles. The van der Waals surface area contributed by atoms with Crippen molar-refractivity contribution < 1.29 is 18.3 Å². The summed E-state index contributed by atoms with van der Waals surface area (Å²) in [4.78, 5) is 3.34. The van der Waals surface area contributed by atoms with Gasteiger partial charge in [0.1, 0.15) is 5.69 Å². The molecule has 2 N–H and O–H groups in total. The van der Waals surface area contributed by atoms with Gasteiger partial charge in [0.05, 0.1) is 5.60 Å². The van der Waals surface area contributed by atoms with Gasteiger partial charge in [-0.1, -0.05) is 6.92 Å². The molecule has 1 aliphatic carbocycles. The zero-order chi connectivity index (χ0) is 14.8. The predicted molar refractivity (Wildman–Crippen MR) is 70.4 cm³/mol. The highest BCUT2D eigenvalue weighted by Gasteiger charge is 2.33. The maximum absolute atomic E-state index is 12.6. The number of rotatable bonds is 3. The van der Waals surface area contributed by atoms with Gasteiger partial charge in [0, 0.05) is 17.9 Å². The topological polar surface area (TPSA) is 45.1 Å². The van der Waals surface area contributed by atoms with E-state index in [0.29, 0.717) is 24.9 Å². The van der Waals surface area contributed by atoms with E-state index < -0.39 is 17.5 Å². The number of pyridine rings is 1. The molecule has 0 aromatic carbocycles. The molecule has 0 spiro atoms. The molecular weight excluding hydrogens is 269 g/mol. The van der Waals surface area contributed by atoms with E-state index in [-0.39, 0.29) is 6.04 Å². The fourth-order valence-corrected chi connectivity index (χ4v) is 2.56. The average molecular weight is 288 g/mol. The lowest BCUT2D eigenvalue weighted by molar-refractivity contribution is -0.141. The molecule has 20 heavy (non-hydrogen) atoms. The van der Waals surface area contributed by atoms with Gasteiger partial charge in [-0.2, -0.15) is 13.2 Å². The highest BCUT2D eigenvalue weighted by atomic mass is 19.4. The quantitative estimate of drug-likeness (QED) is 0.893. The summed E-state index contributed by atoms with van der Waals surface area (Å²) in [5, 5.41) is 13.2. The molecule has 0 amide bonds. The van der Waals surface area contributed by atoms with Crippen LogP contribution in [0.25, 0.3) is 0 Å². The number of aliphatic hydroxyl groups is 1. The van der Waals surface area contributed by atoms with Crippen LogP contribution in [0.15, 0.2) is 18.3 Å². The van der Waals surface area contributed by atoms with Crippen molar-refractivity contribution in [2.24, 2.45) is 0 Å². The van der Waals surface area contributed by atoms with Crippen LogP contribution in [0.1, 0.15) is 44.7 Å². The van der Waals surface area contributed by atoms with E-state index in [4.69, 9.17) is 0 Å². The Bertz CT molecular complexity index is 454. The van der Waals surface area contributed by atoms with Gasteiger partial charge in [0.2, 0.25) is 0 Å². The van der Waals surface area contributed by atoms with Crippen LogP contribution in [-0.4, -0.2) is 21.7 Å². The lowest BCUT2D eigenvalue weighted by atomic mass is 9.80. The Hall–Kier alpha value is -1.30. The zero-order valence-corrected chi connectivity index (χ0v) is 11.4. The lowest BCUT2D eigenvalue weighted by Crippen LogP contribution is -2.37. The molecule has 1 aliphatic rings. The molecule has 0 radical (unpaired) electrons. The molecule has 6 heteroatoms. The first kappa shape index (κ1) is 15.1. The van der Waals surface area contributed by atoms with Crippen LogP contribution < -0.4 is 5.32 Å². The molecule has 3 nitrogen and oxygen atoms in total. The fraction of sp³-hybridized carbons (Fsp3) is 0.643. The third kappa shape index (κ3) is 3.62. The van der Waals surface area contributed by atoms with Crippen LogP contribution in [0.4, 0.5) is 18.9 Å². The third-order valence-corrected chi connectivity index (χ3v) is 4.00. The second kappa shape index (κ2) is 5.60. The van der Waals surface area contributed by atoms with Crippen molar-refractivity contribution in [2.75, 3.05) is 5.32 Å². The minimum absolute atomic E-state index is 0.102. The summed E-state index contributed by atoms with van der Waals surface area (Å²) in [6, 6.07) is 2.67. The standard InChI is InChI=1S/C14H19F3N2O/c1-2-13(20)6-3-10(4-7-13)19-11-5-8-18-12(9-11)14(15,16)17/h5,8-10,20H,2-4,6-7H2,1H3,(H,18,19). The number of aromatic nitrogens is 1. The molecule has 0 bridgehead atoms. The van der Waals surface area contributed by atoms with Gasteiger partial charge < -0.3 is 10.4 Å². The molecule has 0 atom stereocenters. The number of nitrogens with zero attached hydrogens (tertiary/aromatic N) is 1.